The lowest BCUT2D eigenvalue weighted by Crippen LogP contribution is -2.31. The van der Waals surface area contributed by atoms with Crippen LogP contribution >= 0.6 is 0 Å². The maximum atomic E-state index is 6.01. The Kier molecular flexibility index (Phi) is 0.883. The first-order valence-electron chi connectivity index (χ1n) is 4.62. The highest BCUT2D eigenvalue weighted by atomic mass is 14.8. The maximum absolute atomic E-state index is 6.01. The highest BCUT2D eigenvalue weighted by Crippen LogP contribution is 2.60. The van der Waals surface area contributed by atoms with Crippen LogP contribution in [0, 0.1) is 23.7 Å². The first-order valence-corrected chi connectivity index (χ1v) is 4.62. The van der Waals surface area contributed by atoms with Crippen LogP contribution in [-0.2, 0) is 0 Å². The van der Waals surface area contributed by atoms with Crippen molar-refractivity contribution >= 4 is 0 Å². The van der Waals surface area contributed by atoms with E-state index in [0.29, 0.717) is 6.04 Å². The zero-order chi connectivity index (χ0) is 6.72. The van der Waals surface area contributed by atoms with Gasteiger partial charge in [-0.05, 0) is 49.4 Å². The number of hydrogen-bond donors (Lipinski definition) is 1. The molecule has 0 radical (unpaired) electrons. The molecule has 0 aromatic rings. The van der Waals surface area contributed by atoms with Crippen LogP contribution in [0.15, 0.2) is 0 Å². The molecule has 2 N–H and O–H groups in total. The van der Waals surface area contributed by atoms with Gasteiger partial charge in [0.25, 0.3) is 0 Å². The van der Waals surface area contributed by atoms with Crippen molar-refractivity contribution in [2.24, 2.45) is 29.4 Å². The quantitative estimate of drug-likeness (QED) is 0.536. The SMILES string of the molecule is N[C@@H]1CC2C3CC[C@@H]2CC31. The molecule has 0 heterocycles. The smallest absolute Gasteiger partial charge is 0.00728 e. The van der Waals surface area contributed by atoms with Crippen LogP contribution in [0.1, 0.15) is 25.7 Å². The minimum atomic E-state index is 0.589. The van der Waals surface area contributed by atoms with Crippen molar-refractivity contribution in [3.8, 4) is 0 Å². The fourth-order valence-corrected chi connectivity index (χ4v) is 3.88. The van der Waals surface area contributed by atoms with Gasteiger partial charge in [-0.3, -0.25) is 0 Å². The van der Waals surface area contributed by atoms with Crippen LogP contribution in [0.25, 0.3) is 0 Å². The molecule has 5 atom stereocenters. The Bertz CT molecular complexity index is 162. The topological polar surface area (TPSA) is 26.0 Å². The fraction of sp³-hybridized carbons (Fsp3) is 1.00. The van der Waals surface area contributed by atoms with E-state index in [4.69, 9.17) is 5.73 Å². The van der Waals surface area contributed by atoms with Gasteiger partial charge in [-0.2, -0.15) is 0 Å². The molecule has 56 valence electrons. The van der Waals surface area contributed by atoms with E-state index in [1.165, 1.54) is 25.7 Å². The molecule has 3 saturated carbocycles. The summed E-state index contributed by atoms with van der Waals surface area (Å²) >= 11 is 0. The van der Waals surface area contributed by atoms with Crippen LogP contribution in [0.4, 0.5) is 0 Å². The third-order valence-electron chi connectivity index (χ3n) is 4.25. The molecule has 0 spiro atoms. The van der Waals surface area contributed by atoms with Gasteiger partial charge in [0.2, 0.25) is 0 Å². The maximum Gasteiger partial charge on any atom is 0.00728 e. The molecule has 3 aliphatic rings. The second kappa shape index (κ2) is 1.58. The summed E-state index contributed by atoms with van der Waals surface area (Å²) in [6.45, 7) is 0. The third kappa shape index (κ3) is 0.460. The van der Waals surface area contributed by atoms with E-state index in [-0.39, 0.29) is 0 Å². The molecule has 3 unspecified atom stereocenters. The predicted octanol–water partition coefficient (Wildman–Crippen LogP) is 1.38. The lowest BCUT2D eigenvalue weighted by atomic mass is 9.83. The fourth-order valence-electron chi connectivity index (χ4n) is 3.88. The van der Waals surface area contributed by atoms with E-state index in [1.54, 1.807) is 0 Å². The van der Waals surface area contributed by atoms with Gasteiger partial charge in [0.05, 0.1) is 0 Å². The van der Waals surface area contributed by atoms with Gasteiger partial charge < -0.3 is 5.73 Å². The first-order chi connectivity index (χ1) is 4.86. The summed E-state index contributed by atoms with van der Waals surface area (Å²) in [6.07, 6.45) is 5.88. The van der Waals surface area contributed by atoms with Gasteiger partial charge in [0.15, 0.2) is 0 Å². The summed E-state index contributed by atoms with van der Waals surface area (Å²) in [6, 6.07) is 0.589. The van der Waals surface area contributed by atoms with E-state index in [0.717, 1.165) is 23.7 Å². The standard InChI is InChI=1S/C9H15N/c10-9-4-7-5-1-2-6(7)8(9)3-5/h5-9H,1-4,10H2/t5-,6?,7?,8?,9-/m1/s1. The average molecular weight is 137 g/mol. The molecular formula is C9H15N. The van der Waals surface area contributed by atoms with Gasteiger partial charge in [0.1, 0.15) is 0 Å². The van der Waals surface area contributed by atoms with E-state index < -0.39 is 0 Å². The average Bonchev–Trinajstić information content (AvgIpc) is 2.53. The molecule has 3 fully saturated rings. The summed E-state index contributed by atoms with van der Waals surface area (Å²) in [5.41, 5.74) is 6.01. The monoisotopic (exact) mass is 137 g/mol. The molecule has 0 aromatic carbocycles. The molecule has 1 nitrogen and oxygen atoms in total. The van der Waals surface area contributed by atoms with Crippen LogP contribution in [0.5, 0.6) is 0 Å². The van der Waals surface area contributed by atoms with Gasteiger partial charge in [-0.15, -0.1) is 0 Å². The molecule has 3 aliphatic carbocycles. The minimum Gasteiger partial charge on any atom is -0.327 e. The number of nitrogens with two attached hydrogens (primary N) is 1. The van der Waals surface area contributed by atoms with Crippen LogP contribution in [-0.4, -0.2) is 6.04 Å². The van der Waals surface area contributed by atoms with Crippen LogP contribution in [0.3, 0.4) is 0 Å². The van der Waals surface area contributed by atoms with Gasteiger partial charge in [-0.1, -0.05) is 0 Å². The van der Waals surface area contributed by atoms with Gasteiger partial charge >= 0.3 is 0 Å². The Balaban J connectivity index is 1.97. The van der Waals surface area contributed by atoms with Crippen LogP contribution < -0.4 is 5.73 Å². The van der Waals surface area contributed by atoms with E-state index in [1.807, 2.05) is 0 Å². The normalized spacial score (nSPS) is 63.9. The second-order valence-corrected chi connectivity index (χ2v) is 4.46. The molecule has 0 saturated heterocycles. The molecule has 4 bridgehead atoms. The zero-order valence-electron chi connectivity index (χ0n) is 6.29. The Labute approximate surface area is 62.0 Å². The van der Waals surface area contributed by atoms with E-state index >= 15 is 0 Å². The molecular weight excluding hydrogens is 122 g/mol. The van der Waals surface area contributed by atoms with Gasteiger partial charge in [-0.25, -0.2) is 0 Å². The third-order valence-corrected chi connectivity index (χ3v) is 4.25. The summed E-state index contributed by atoms with van der Waals surface area (Å²) in [5, 5.41) is 0. The van der Waals surface area contributed by atoms with Crippen molar-refractivity contribution in [2.75, 3.05) is 0 Å². The van der Waals surface area contributed by atoms with Crippen molar-refractivity contribution in [3.63, 3.8) is 0 Å². The van der Waals surface area contributed by atoms with Crippen molar-refractivity contribution < 1.29 is 0 Å². The highest BCUT2D eigenvalue weighted by Gasteiger charge is 2.55. The summed E-state index contributed by atoms with van der Waals surface area (Å²) in [4.78, 5) is 0. The molecule has 0 aliphatic heterocycles. The van der Waals surface area contributed by atoms with Crippen molar-refractivity contribution in [2.45, 2.75) is 31.7 Å². The Morgan fingerprint density at radius 3 is 2.40 bits per heavy atom. The molecule has 1 heteroatoms. The predicted molar refractivity (Wildman–Crippen MR) is 40.4 cm³/mol. The number of hydrogen-bond acceptors (Lipinski definition) is 1. The number of rotatable bonds is 0. The van der Waals surface area contributed by atoms with Crippen molar-refractivity contribution in [1.29, 1.82) is 0 Å². The Morgan fingerprint density at radius 2 is 1.80 bits per heavy atom. The highest BCUT2D eigenvalue weighted by molar-refractivity contribution is 5.06. The Morgan fingerprint density at radius 1 is 0.900 bits per heavy atom. The largest absolute Gasteiger partial charge is 0.327 e. The molecule has 3 rings (SSSR count). The van der Waals surface area contributed by atoms with Crippen LogP contribution in [0.2, 0.25) is 0 Å². The van der Waals surface area contributed by atoms with E-state index in [9.17, 15) is 0 Å². The molecule has 0 aromatic heterocycles. The summed E-state index contributed by atoms with van der Waals surface area (Å²) in [5.74, 6) is 4.19. The summed E-state index contributed by atoms with van der Waals surface area (Å²) < 4.78 is 0. The summed E-state index contributed by atoms with van der Waals surface area (Å²) in [7, 11) is 0. The van der Waals surface area contributed by atoms with E-state index in [2.05, 4.69) is 0 Å². The van der Waals surface area contributed by atoms with Crippen molar-refractivity contribution in [3.05, 3.63) is 0 Å². The first kappa shape index (κ1) is 5.59. The van der Waals surface area contributed by atoms with Gasteiger partial charge in [0, 0.05) is 6.04 Å². The second-order valence-electron chi connectivity index (χ2n) is 4.46. The van der Waals surface area contributed by atoms with Crippen molar-refractivity contribution in [1.82, 2.24) is 0 Å². The lowest BCUT2D eigenvalue weighted by molar-refractivity contribution is 0.282. The zero-order valence-corrected chi connectivity index (χ0v) is 6.29. The Hall–Kier alpha value is -0.0400. The molecule has 10 heavy (non-hydrogen) atoms. The lowest BCUT2D eigenvalue weighted by Gasteiger charge is -2.26. The molecule has 0 amide bonds. The minimum absolute atomic E-state index is 0.589.